The molecule has 1 N–H and O–H groups in total. The van der Waals surface area contributed by atoms with E-state index >= 15 is 0 Å². The molecule has 0 saturated carbocycles. The third kappa shape index (κ3) is 5.02. The topological polar surface area (TPSA) is 69.3 Å². The molecule has 0 bridgehead atoms. The minimum atomic E-state index is -0.223. The zero-order chi connectivity index (χ0) is 22.6. The van der Waals surface area contributed by atoms with Crippen molar-refractivity contribution in [2.45, 2.75) is 39.2 Å². The summed E-state index contributed by atoms with van der Waals surface area (Å²) in [4.78, 5) is 16.9. The first-order valence-electron chi connectivity index (χ1n) is 10.9. The van der Waals surface area contributed by atoms with E-state index in [2.05, 4.69) is 48.9 Å². The molecular formula is C26H29N3O3. The van der Waals surface area contributed by atoms with Crippen LogP contribution in [-0.4, -0.2) is 28.6 Å². The number of para-hydroxylation sites is 2. The highest BCUT2D eigenvalue weighted by Gasteiger charge is 2.14. The van der Waals surface area contributed by atoms with Crippen molar-refractivity contribution in [2.75, 3.05) is 13.2 Å². The second-order valence-corrected chi connectivity index (χ2v) is 8.77. The van der Waals surface area contributed by atoms with E-state index in [1.165, 1.54) is 11.8 Å². The molecule has 6 heteroatoms. The van der Waals surface area contributed by atoms with Crippen molar-refractivity contribution in [3.8, 4) is 5.75 Å². The van der Waals surface area contributed by atoms with Gasteiger partial charge in [-0.2, -0.15) is 0 Å². The molecular weight excluding hydrogens is 402 g/mol. The van der Waals surface area contributed by atoms with Crippen LogP contribution in [0.2, 0.25) is 0 Å². The Labute approximate surface area is 188 Å². The smallest absolute Gasteiger partial charge is 0.286 e. The van der Waals surface area contributed by atoms with Crippen LogP contribution in [0.1, 0.15) is 42.7 Å². The van der Waals surface area contributed by atoms with Crippen LogP contribution in [0.3, 0.4) is 0 Å². The van der Waals surface area contributed by atoms with Crippen LogP contribution in [0.4, 0.5) is 0 Å². The Morgan fingerprint density at radius 2 is 1.84 bits per heavy atom. The molecule has 2 aromatic heterocycles. The predicted molar refractivity (Wildman–Crippen MR) is 125 cm³/mol. The normalized spacial score (nSPS) is 11.6. The highest BCUT2D eigenvalue weighted by Crippen LogP contribution is 2.24. The Morgan fingerprint density at radius 3 is 2.56 bits per heavy atom. The van der Waals surface area contributed by atoms with Gasteiger partial charge in [0.15, 0.2) is 5.76 Å². The fourth-order valence-corrected chi connectivity index (χ4v) is 3.65. The highest BCUT2D eigenvalue weighted by atomic mass is 16.5. The third-order valence-electron chi connectivity index (χ3n) is 5.42. The molecule has 32 heavy (non-hydrogen) atoms. The van der Waals surface area contributed by atoms with Gasteiger partial charge in [-0.25, -0.2) is 4.98 Å². The number of amides is 1. The first-order chi connectivity index (χ1) is 15.4. The predicted octanol–water partition coefficient (Wildman–Crippen LogP) is 4.98. The van der Waals surface area contributed by atoms with Crippen molar-refractivity contribution in [1.82, 2.24) is 14.9 Å². The summed E-state index contributed by atoms with van der Waals surface area (Å²) in [6.45, 7) is 8.27. The number of nitrogens with zero attached hydrogens (tertiary/aromatic N) is 2. The molecule has 0 saturated heterocycles. The van der Waals surface area contributed by atoms with Gasteiger partial charge < -0.3 is 19.0 Å². The van der Waals surface area contributed by atoms with Gasteiger partial charge in [0.05, 0.1) is 23.8 Å². The Bertz CT molecular complexity index is 1170. The van der Waals surface area contributed by atoms with Crippen LogP contribution in [0, 0.1) is 0 Å². The summed E-state index contributed by atoms with van der Waals surface area (Å²) < 4.78 is 13.3. The largest absolute Gasteiger partial charge is 0.492 e. The maximum absolute atomic E-state index is 12.1. The summed E-state index contributed by atoms with van der Waals surface area (Å²) in [6, 6.07) is 19.7. The Morgan fingerprint density at radius 1 is 1.06 bits per heavy atom. The van der Waals surface area contributed by atoms with Gasteiger partial charge in [0.25, 0.3) is 5.91 Å². The lowest BCUT2D eigenvalue weighted by atomic mass is 9.87. The van der Waals surface area contributed by atoms with E-state index in [1.807, 2.05) is 30.3 Å². The average Bonchev–Trinajstić information content (AvgIpc) is 3.42. The van der Waals surface area contributed by atoms with E-state index in [0.29, 0.717) is 31.9 Å². The van der Waals surface area contributed by atoms with Crippen LogP contribution in [0.5, 0.6) is 5.75 Å². The summed E-state index contributed by atoms with van der Waals surface area (Å²) in [5.41, 5.74) is 3.40. The molecule has 4 aromatic rings. The number of furan rings is 1. The molecule has 0 aliphatic heterocycles. The molecule has 0 aliphatic carbocycles. The fraction of sp³-hybridized carbons (Fsp3) is 0.308. The highest BCUT2D eigenvalue weighted by molar-refractivity contribution is 5.91. The number of ether oxygens (including phenoxy) is 1. The minimum Gasteiger partial charge on any atom is -0.492 e. The molecule has 0 aliphatic rings. The van der Waals surface area contributed by atoms with Gasteiger partial charge in [-0.3, -0.25) is 4.79 Å². The molecule has 1 amide bonds. The van der Waals surface area contributed by atoms with Crippen molar-refractivity contribution < 1.29 is 13.9 Å². The second kappa shape index (κ2) is 9.30. The number of imidazole rings is 1. The van der Waals surface area contributed by atoms with Crippen molar-refractivity contribution in [1.29, 1.82) is 0 Å². The number of nitrogens with one attached hydrogen (secondary N) is 1. The standard InChI is InChI=1S/C26H29N3O3/c1-26(2,3)19-10-12-20(13-11-19)31-18-16-29-22-8-5-4-7-21(22)28-24(29)14-15-27-25(30)23-9-6-17-32-23/h4-13,17H,14-16,18H2,1-3H3,(H,27,30). The molecule has 2 aromatic carbocycles. The molecule has 0 spiro atoms. The Kier molecular flexibility index (Phi) is 6.30. The molecule has 2 heterocycles. The fourth-order valence-electron chi connectivity index (χ4n) is 3.65. The Hall–Kier alpha value is -3.54. The SMILES string of the molecule is CC(C)(C)c1ccc(OCCn2c(CCNC(=O)c3ccco3)nc3ccccc32)cc1. The molecule has 0 atom stereocenters. The molecule has 0 fully saturated rings. The van der Waals surface area contributed by atoms with Crippen LogP contribution < -0.4 is 10.1 Å². The van der Waals surface area contributed by atoms with E-state index in [-0.39, 0.29) is 11.3 Å². The lowest BCUT2D eigenvalue weighted by Gasteiger charge is -2.19. The number of rotatable bonds is 8. The van der Waals surface area contributed by atoms with Gasteiger partial charge in [-0.1, -0.05) is 45.0 Å². The minimum absolute atomic E-state index is 0.121. The average molecular weight is 432 g/mol. The summed E-state index contributed by atoms with van der Waals surface area (Å²) in [5.74, 6) is 1.86. The molecule has 4 rings (SSSR count). The van der Waals surface area contributed by atoms with Gasteiger partial charge in [-0.15, -0.1) is 0 Å². The van der Waals surface area contributed by atoms with Crippen molar-refractivity contribution in [3.63, 3.8) is 0 Å². The number of hydrogen-bond acceptors (Lipinski definition) is 4. The van der Waals surface area contributed by atoms with Crippen LogP contribution in [-0.2, 0) is 18.4 Å². The molecule has 0 radical (unpaired) electrons. The summed E-state index contributed by atoms with van der Waals surface area (Å²) in [5, 5.41) is 2.89. The van der Waals surface area contributed by atoms with Gasteiger partial charge in [0, 0.05) is 13.0 Å². The van der Waals surface area contributed by atoms with E-state index in [1.54, 1.807) is 12.1 Å². The monoisotopic (exact) mass is 431 g/mol. The quantitative estimate of drug-likeness (QED) is 0.427. The molecule has 166 valence electrons. The van der Waals surface area contributed by atoms with E-state index in [9.17, 15) is 4.79 Å². The van der Waals surface area contributed by atoms with E-state index in [0.717, 1.165) is 22.6 Å². The zero-order valence-electron chi connectivity index (χ0n) is 18.8. The van der Waals surface area contributed by atoms with Crippen molar-refractivity contribution >= 4 is 16.9 Å². The number of benzene rings is 2. The van der Waals surface area contributed by atoms with E-state index in [4.69, 9.17) is 14.1 Å². The number of carbonyl (C=O) groups excluding carboxylic acids is 1. The zero-order valence-corrected chi connectivity index (χ0v) is 18.8. The summed E-state index contributed by atoms with van der Waals surface area (Å²) in [7, 11) is 0. The van der Waals surface area contributed by atoms with Crippen LogP contribution >= 0.6 is 0 Å². The number of carbonyl (C=O) groups is 1. The maximum Gasteiger partial charge on any atom is 0.286 e. The van der Waals surface area contributed by atoms with Gasteiger partial charge >= 0.3 is 0 Å². The lowest BCUT2D eigenvalue weighted by Crippen LogP contribution is -2.26. The maximum atomic E-state index is 12.1. The Balaban J connectivity index is 1.40. The summed E-state index contributed by atoms with van der Waals surface area (Å²) in [6.07, 6.45) is 2.10. The van der Waals surface area contributed by atoms with Crippen LogP contribution in [0.25, 0.3) is 11.0 Å². The molecule has 6 nitrogen and oxygen atoms in total. The third-order valence-corrected chi connectivity index (χ3v) is 5.42. The van der Waals surface area contributed by atoms with Crippen molar-refractivity contribution in [2.24, 2.45) is 0 Å². The number of aromatic nitrogens is 2. The first kappa shape index (κ1) is 21.7. The van der Waals surface area contributed by atoms with Gasteiger partial charge in [0.2, 0.25) is 0 Å². The number of hydrogen-bond donors (Lipinski definition) is 1. The molecule has 0 unspecified atom stereocenters. The van der Waals surface area contributed by atoms with Gasteiger partial charge in [-0.05, 0) is 47.4 Å². The lowest BCUT2D eigenvalue weighted by molar-refractivity contribution is 0.0926. The van der Waals surface area contributed by atoms with E-state index < -0.39 is 0 Å². The van der Waals surface area contributed by atoms with Gasteiger partial charge in [0.1, 0.15) is 18.2 Å². The van der Waals surface area contributed by atoms with Crippen molar-refractivity contribution in [3.05, 3.63) is 84.1 Å². The summed E-state index contributed by atoms with van der Waals surface area (Å²) >= 11 is 0. The second-order valence-electron chi connectivity index (χ2n) is 8.77. The van der Waals surface area contributed by atoms with Crippen LogP contribution in [0.15, 0.2) is 71.3 Å². The first-order valence-corrected chi connectivity index (χ1v) is 10.9. The number of fused-ring (bicyclic) bond motifs is 1.